The highest BCUT2D eigenvalue weighted by Gasteiger charge is 2.21. The monoisotopic (exact) mass is 466 g/mol. The number of likely N-dealkylation sites (N-methyl/N-ethyl adjacent to an activating group) is 1. The molecule has 0 radical (unpaired) electrons. The lowest BCUT2D eigenvalue weighted by Gasteiger charge is -2.19. The van der Waals surface area contributed by atoms with Crippen LogP contribution in [-0.2, 0) is 33.7 Å². The van der Waals surface area contributed by atoms with Crippen molar-refractivity contribution in [3.8, 4) is 5.75 Å². The van der Waals surface area contributed by atoms with Gasteiger partial charge in [0.25, 0.3) is 0 Å². The molecular weight excluding hydrogens is 432 g/mol. The Labute approximate surface area is 201 Å². The Morgan fingerprint density at radius 1 is 1.00 bits per heavy atom. The maximum atomic E-state index is 12.8. The summed E-state index contributed by atoms with van der Waals surface area (Å²) in [5.74, 6) is 0.448. The first-order chi connectivity index (χ1) is 16.1. The second kappa shape index (κ2) is 10.7. The van der Waals surface area contributed by atoms with Gasteiger partial charge in [-0.2, -0.15) is 0 Å². The number of methoxy groups -OCH3 is 1. The molecule has 0 spiro atoms. The zero-order valence-electron chi connectivity index (χ0n) is 20.9. The van der Waals surface area contributed by atoms with E-state index < -0.39 is 11.7 Å². The first-order valence-corrected chi connectivity index (χ1v) is 11.4. The number of carbonyl (C=O) groups excluding carboxylic acids is 2. The smallest absolute Gasteiger partial charge is 0.419 e. The summed E-state index contributed by atoms with van der Waals surface area (Å²) in [6, 6.07) is 13.1. The number of carbonyl (C=O) groups is 2. The molecule has 0 aliphatic carbocycles. The molecule has 7 heteroatoms. The van der Waals surface area contributed by atoms with E-state index in [1.807, 2.05) is 83.5 Å². The molecule has 0 aliphatic heterocycles. The van der Waals surface area contributed by atoms with Crippen molar-refractivity contribution in [2.24, 2.45) is 0 Å². The molecule has 0 aliphatic rings. The van der Waals surface area contributed by atoms with Crippen LogP contribution < -0.4 is 4.74 Å². The molecule has 0 saturated heterocycles. The van der Waals surface area contributed by atoms with E-state index >= 15 is 0 Å². The zero-order chi connectivity index (χ0) is 24.9. The molecule has 2 aromatic carbocycles. The van der Waals surface area contributed by atoms with Gasteiger partial charge in [-0.3, -0.25) is 9.36 Å². The Morgan fingerprint density at radius 3 is 2.29 bits per heavy atom. The molecule has 1 heterocycles. The van der Waals surface area contributed by atoms with E-state index in [1.165, 1.54) is 0 Å². The number of ether oxygens (including phenoxy) is 3. The van der Waals surface area contributed by atoms with E-state index in [2.05, 4.69) is 4.90 Å². The van der Waals surface area contributed by atoms with E-state index in [4.69, 9.17) is 14.2 Å². The summed E-state index contributed by atoms with van der Waals surface area (Å²) < 4.78 is 17.7. The molecule has 0 fully saturated rings. The lowest BCUT2D eigenvalue weighted by Crippen LogP contribution is -2.26. The molecule has 34 heavy (non-hydrogen) atoms. The van der Waals surface area contributed by atoms with Crippen LogP contribution in [0.15, 0.2) is 48.7 Å². The summed E-state index contributed by atoms with van der Waals surface area (Å²) >= 11 is 0. The second-order valence-electron chi connectivity index (χ2n) is 9.59. The quantitative estimate of drug-likeness (QED) is 0.443. The molecule has 7 nitrogen and oxygen atoms in total. The Balaban J connectivity index is 1.78. The van der Waals surface area contributed by atoms with Gasteiger partial charge in [0.1, 0.15) is 18.0 Å². The van der Waals surface area contributed by atoms with Crippen molar-refractivity contribution in [2.75, 3.05) is 27.7 Å². The van der Waals surface area contributed by atoms with Crippen LogP contribution in [-0.4, -0.2) is 54.9 Å². The number of benzene rings is 2. The van der Waals surface area contributed by atoms with Gasteiger partial charge in [-0.1, -0.05) is 18.2 Å². The highest BCUT2D eigenvalue weighted by atomic mass is 16.6. The number of nitrogens with zero attached hydrogens (tertiary/aromatic N) is 2. The van der Waals surface area contributed by atoms with Gasteiger partial charge in [0, 0.05) is 18.1 Å². The largest absolute Gasteiger partial charge is 0.497 e. The van der Waals surface area contributed by atoms with Crippen molar-refractivity contribution in [3.63, 3.8) is 0 Å². The van der Waals surface area contributed by atoms with E-state index in [0.717, 1.165) is 46.3 Å². The SMILES string of the molecule is COc1ccc(COC(=O)Cc2ccc3c(c2)c(CCN(C)C)cn3C(=O)OC(C)(C)C)cc1. The summed E-state index contributed by atoms with van der Waals surface area (Å²) in [6.45, 7) is 6.58. The van der Waals surface area contributed by atoms with E-state index in [0.29, 0.717) is 0 Å². The van der Waals surface area contributed by atoms with Crippen molar-refractivity contribution in [3.05, 3.63) is 65.4 Å². The third-order valence-corrected chi connectivity index (χ3v) is 5.28. The fourth-order valence-corrected chi connectivity index (χ4v) is 3.56. The Morgan fingerprint density at radius 2 is 1.68 bits per heavy atom. The standard InChI is InChI=1S/C27H34N2O5/c1-27(2,3)34-26(31)29-17-21(13-14-28(4)5)23-15-20(9-12-24(23)29)16-25(30)33-18-19-7-10-22(32-6)11-8-19/h7-12,15,17H,13-14,16,18H2,1-6H3. The van der Waals surface area contributed by atoms with Crippen molar-refractivity contribution in [1.29, 1.82) is 0 Å². The summed E-state index contributed by atoms with van der Waals surface area (Å²) in [4.78, 5) is 27.4. The van der Waals surface area contributed by atoms with Gasteiger partial charge >= 0.3 is 12.1 Å². The lowest BCUT2D eigenvalue weighted by molar-refractivity contribution is -0.144. The van der Waals surface area contributed by atoms with Gasteiger partial charge in [0.15, 0.2) is 0 Å². The summed E-state index contributed by atoms with van der Waals surface area (Å²) in [6.07, 6.45) is 2.34. The molecular formula is C27H34N2O5. The molecule has 0 unspecified atom stereocenters. The maximum Gasteiger partial charge on any atom is 0.419 e. The maximum absolute atomic E-state index is 12.8. The average Bonchev–Trinajstić information content (AvgIpc) is 3.13. The fourth-order valence-electron chi connectivity index (χ4n) is 3.56. The molecule has 0 amide bonds. The summed E-state index contributed by atoms with van der Waals surface area (Å²) in [7, 11) is 5.63. The van der Waals surface area contributed by atoms with E-state index in [9.17, 15) is 9.59 Å². The van der Waals surface area contributed by atoms with Crippen LogP contribution in [0.3, 0.4) is 0 Å². The average molecular weight is 467 g/mol. The van der Waals surface area contributed by atoms with Crippen LogP contribution in [0, 0.1) is 0 Å². The zero-order valence-corrected chi connectivity index (χ0v) is 20.9. The molecule has 3 rings (SSSR count). The highest BCUT2D eigenvalue weighted by Crippen LogP contribution is 2.25. The number of fused-ring (bicyclic) bond motifs is 1. The third-order valence-electron chi connectivity index (χ3n) is 5.28. The van der Waals surface area contributed by atoms with Gasteiger partial charge in [-0.05, 0) is 82.2 Å². The van der Waals surface area contributed by atoms with Gasteiger partial charge < -0.3 is 19.1 Å². The Hall–Kier alpha value is -3.32. The van der Waals surface area contributed by atoms with Crippen molar-refractivity contribution in [2.45, 2.75) is 45.8 Å². The topological polar surface area (TPSA) is 70.0 Å². The van der Waals surface area contributed by atoms with Crippen LogP contribution in [0.1, 0.15) is 37.5 Å². The van der Waals surface area contributed by atoms with Crippen molar-refractivity contribution < 1.29 is 23.8 Å². The fraction of sp³-hybridized carbons (Fsp3) is 0.407. The summed E-state index contributed by atoms with van der Waals surface area (Å²) in [5, 5.41) is 0.938. The summed E-state index contributed by atoms with van der Waals surface area (Å²) in [5.41, 5.74) is 2.93. The Bertz CT molecular complexity index is 1140. The molecule has 3 aromatic rings. The lowest BCUT2D eigenvalue weighted by atomic mass is 10.1. The number of rotatable bonds is 8. The predicted octanol–water partition coefficient (Wildman–Crippen LogP) is 4.82. The van der Waals surface area contributed by atoms with Crippen LogP contribution in [0.5, 0.6) is 5.75 Å². The van der Waals surface area contributed by atoms with E-state index in [-0.39, 0.29) is 19.0 Å². The highest BCUT2D eigenvalue weighted by molar-refractivity contribution is 5.93. The molecule has 0 saturated carbocycles. The third kappa shape index (κ3) is 6.84. The minimum atomic E-state index is -0.592. The number of hydrogen-bond acceptors (Lipinski definition) is 6. The van der Waals surface area contributed by atoms with Gasteiger partial charge in [-0.15, -0.1) is 0 Å². The van der Waals surface area contributed by atoms with E-state index in [1.54, 1.807) is 11.7 Å². The molecule has 0 atom stereocenters. The van der Waals surface area contributed by atoms with Gasteiger partial charge in [0.2, 0.25) is 0 Å². The first-order valence-electron chi connectivity index (χ1n) is 11.4. The van der Waals surface area contributed by atoms with Crippen LogP contribution in [0.4, 0.5) is 4.79 Å². The first kappa shape index (κ1) is 25.3. The van der Waals surface area contributed by atoms with Crippen LogP contribution >= 0.6 is 0 Å². The number of hydrogen-bond donors (Lipinski definition) is 0. The molecule has 1 aromatic heterocycles. The Kier molecular flexibility index (Phi) is 7.99. The minimum Gasteiger partial charge on any atom is -0.497 e. The van der Waals surface area contributed by atoms with Crippen molar-refractivity contribution >= 4 is 23.0 Å². The van der Waals surface area contributed by atoms with Gasteiger partial charge in [-0.25, -0.2) is 4.79 Å². The normalized spacial score (nSPS) is 11.6. The van der Waals surface area contributed by atoms with Crippen molar-refractivity contribution in [1.82, 2.24) is 9.47 Å². The van der Waals surface area contributed by atoms with Crippen LogP contribution in [0.25, 0.3) is 10.9 Å². The predicted molar refractivity (Wildman–Crippen MR) is 132 cm³/mol. The minimum absolute atomic E-state index is 0.150. The molecule has 0 N–H and O–H groups in total. The number of esters is 1. The van der Waals surface area contributed by atoms with Crippen LogP contribution in [0.2, 0.25) is 0 Å². The van der Waals surface area contributed by atoms with Gasteiger partial charge in [0.05, 0.1) is 19.0 Å². The molecule has 0 bridgehead atoms. The second-order valence-corrected chi connectivity index (χ2v) is 9.59. The number of aromatic nitrogens is 1. The molecule has 182 valence electrons.